The van der Waals surface area contributed by atoms with Crippen LogP contribution in [-0.2, 0) is 4.79 Å². The molecule has 1 aromatic heterocycles. The summed E-state index contributed by atoms with van der Waals surface area (Å²) in [6, 6.07) is 12.3. The predicted octanol–water partition coefficient (Wildman–Crippen LogP) is 3.18. The number of nitrogens with one attached hydrogen (secondary N) is 1. The van der Waals surface area contributed by atoms with Crippen molar-refractivity contribution in [3.05, 3.63) is 48.4 Å². The second-order valence-corrected chi connectivity index (χ2v) is 5.98. The summed E-state index contributed by atoms with van der Waals surface area (Å²) < 4.78 is 21.2. The maximum Gasteiger partial charge on any atom is 0.265 e. The Balaban J connectivity index is 1.38. The summed E-state index contributed by atoms with van der Waals surface area (Å²) >= 11 is 0. The maximum absolute atomic E-state index is 12.4. The minimum atomic E-state index is -0.686. The first-order valence-corrected chi connectivity index (χ1v) is 8.36. The molecule has 1 atom stereocenters. The number of carbonyl (C=O) groups is 1. The molecule has 1 aliphatic heterocycles. The number of aryl methyl sites for hydroxylation is 1. The number of anilines is 1. The van der Waals surface area contributed by atoms with E-state index in [2.05, 4.69) is 15.5 Å². The van der Waals surface area contributed by atoms with Crippen LogP contribution in [0.2, 0.25) is 0 Å². The van der Waals surface area contributed by atoms with Crippen molar-refractivity contribution < 1.29 is 23.5 Å². The number of carbonyl (C=O) groups excluding carboxylic acids is 1. The van der Waals surface area contributed by atoms with Crippen molar-refractivity contribution in [3.8, 4) is 28.6 Å². The summed E-state index contributed by atoms with van der Waals surface area (Å²) in [6.07, 6.45) is -0.686. The maximum atomic E-state index is 12.4. The molecule has 3 aromatic rings. The number of amides is 1. The zero-order valence-electron chi connectivity index (χ0n) is 14.8. The molecule has 0 radical (unpaired) electrons. The Hall–Kier alpha value is -3.55. The number of hydrogen-bond acceptors (Lipinski definition) is 7. The first-order valence-electron chi connectivity index (χ1n) is 8.36. The molecule has 1 amide bonds. The first-order chi connectivity index (χ1) is 13.1. The van der Waals surface area contributed by atoms with Crippen LogP contribution in [0.5, 0.6) is 17.2 Å². The summed E-state index contributed by atoms with van der Waals surface area (Å²) in [5.41, 5.74) is 1.42. The van der Waals surface area contributed by atoms with Gasteiger partial charge in [0.15, 0.2) is 17.6 Å². The lowest BCUT2D eigenvalue weighted by Gasteiger charge is -2.15. The highest BCUT2D eigenvalue weighted by Crippen LogP contribution is 2.34. The molecule has 0 fully saturated rings. The second-order valence-electron chi connectivity index (χ2n) is 5.98. The third kappa shape index (κ3) is 3.69. The van der Waals surface area contributed by atoms with Gasteiger partial charge in [0.05, 0.1) is 0 Å². The largest absolute Gasteiger partial charge is 0.481 e. The van der Waals surface area contributed by atoms with Crippen molar-refractivity contribution >= 4 is 11.6 Å². The van der Waals surface area contributed by atoms with E-state index < -0.39 is 6.10 Å². The van der Waals surface area contributed by atoms with Crippen molar-refractivity contribution in [1.82, 2.24) is 10.1 Å². The normalized spacial score (nSPS) is 13.3. The lowest BCUT2D eigenvalue weighted by Crippen LogP contribution is -2.30. The number of aromatic nitrogens is 2. The SMILES string of the molecule is Cc1nc(-c2ccc(O[C@H](C)C(=O)Nc3ccc4c(c3)OCO4)cc2)no1. The van der Waals surface area contributed by atoms with Crippen molar-refractivity contribution in [2.45, 2.75) is 20.0 Å². The van der Waals surface area contributed by atoms with E-state index >= 15 is 0 Å². The van der Waals surface area contributed by atoms with Gasteiger partial charge in [-0.15, -0.1) is 0 Å². The van der Waals surface area contributed by atoms with Gasteiger partial charge in [-0.25, -0.2) is 0 Å². The van der Waals surface area contributed by atoms with Gasteiger partial charge in [0, 0.05) is 24.2 Å². The summed E-state index contributed by atoms with van der Waals surface area (Å²) in [4.78, 5) is 16.5. The van der Waals surface area contributed by atoms with E-state index in [0.717, 1.165) is 5.56 Å². The molecule has 2 heterocycles. The monoisotopic (exact) mass is 367 g/mol. The van der Waals surface area contributed by atoms with Crippen LogP contribution in [0.15, 0.2) is 47.0 Å². The first kappa shape index (κ1) is 16.9. The molecule has 138 valence electrons. The van der Waals surface area contributed by atoms with E-state index in [1.54, 1.807) is 44.2 Å². The Kier molecular flexibility index (Phi) is 4.37. The van der Waals surface area contributed by atoms with Crippen LogP contribution in [-0.4, -0.2) is 28.9 Å². The molecule has 0 aliphatic carbocycles. The summed E-state index contributed by atoms with van der Waals surface area (Å²) in [5, 5.41) is 6.67. The Bertz CT molecular complexity index is 968. The molecule has 27 heavy (non-hydrogen) atoms. The zero-order chi connectivity index (χ0) is 18.8. The average molecular weight is 367 g/mol. The van der Waals surface area contributed by atoms with E-state index in [1.165, 1.54) is 0 Å². The van der Waals surface area contributed by atoms with Crippen molar-refractivity contribution in [3.63, 3.8) is 0 Å². The minimum Gasteiger partial charge on any atom is -0.481 e. The van der Waals surface area contributed by atoms with Gasteiger partial charge in [-0.2, -0.15) is 4.98 Å². The van der Waals surface area contributed by atoms with E-state index in [4.69, 9.17) is 18.7 Å². The second kappa shape index (κ2) is 6.99. The lowest BCUT2D eigenvalue weighted by atomic mass is 10.2. The Morgan fingerprint density at radius 1 is 1.15 bits per heavy atom. The molecule has 0 spiro atoms. The average Bonchev–Trinajstić information content (AvgIpc) is 3.30. The van der Waals surface area contributed by atoms with Gasteiger partial charge in [-0.1, -0.05) is 5.16 Å². The van der Waals surface area contributed by atoms with E-state index in [9.17, 15) is 4.79 Å². The number of fused-ring (bicyclic) bond motifs is 1. The van der Waals surface area contributed by atoms with Crippen molar-refractivity contribution in [1.29, 1.82) is 0 Å². The third-order valence-corrected chi connectivity index (χ3v) is 3.96. The molecular weight excluding hydrogens is 350 g/mol. The number of nitrogens with zero attached hydrogens (tertiary/aromatic N) is 2. The van der Waals surface area contributed by atoms with E-state index in [0.29, 0.717) is 34.7 Å². The topological polar surface area (TPSA) is 95.7 Å². The van der Waals surface area contributed by atoms with E-state index in [1.807, 2.05) is 12.1 Å². The van der Waals surface area contributed by atoms with Crippen molar-refractivity contribution in [2.24, 2.45) is 0 Å². The number of ether oxygens (including phenoxy) is 3. The van der Waals surface area contributed by atoms with Crippen LogP contribution in [0, 0.1) is 6.92 Å². The highest BCUT2D eigenvalue weighted by atomic mass is 16.7. The van der Waals surface area contributed by atoms with Gasteiger partial charge >= 0.3 is 0 Å². The van der Waals surface area contributed by atoms with Gasteiger partial charge in [0.2, 0.25) is 18.5 Å². The lowest BCUT2D eigenvalue weighted by molar-refractivity contribution is -0.122. The van der Waals surface area contributed by atoms with E-state index in [-0.39, 0.29) is 12.7 Å². The van der Waals surface area contributed by atoms with Crippen LogP contribution in [0.25, 0.3) is 11.4 Å². The van der Waals surface area contributed by atoms with Gasteiger partial charge in [0.25, 0.3) is 5.91 Å². The quantitative estimate of drug-likeness (QED) is 0.740. The number of hydrogen-bond donors (Lipinski definition) is 1. The van der Waals surface area contributed by atoms with Crippen LogP contribution in [0.3, 0.4) is 0 Å². The predicted molar refractivity (Wildman–Crippen MR) is 95.8 cm³/mol. The highest BCUT2D eigenvalue weighted by Gasteiger charge is 2.18. The van der Waals surface area contributed by atoms with Crippen molar-refractivity contribution in [2.75, 3.05) is 12.1 Å². The summed E-state index contributed by atoms with van der Waals surface area (Å²) in [5.74, 6) is 2.56. The molecule has 8 heteroatoms. The van der Waals surface area contributed by atoms with Crippen LogP contribution >= 0.6 is 0 Å². The smallest absolute Gasteiger partial charge is 0.265 e. The van der Waals surface area contributed by atoms with Gasteiger partial charge in [0.1, 0.15) is 5.75 Å². The molecule has 0 saturated carbocycles. The Morgan fingerprint density at radius 2 is 1.93 bits per heavy atom. The number of benzene rings is 2. The highest BCUT2D eigenvalue weighted by molar-refractivity contribution is 5.94. The van der Waals surface area contributed by atoms with Crippen LogP contribution < -0.4 is 19.5 Å². The summed E-state index contributed by atoms with van der Waals surface area (Å²) in [6.45, 7) is 3.60. The Morgan fingerprint density at radius 3 is 2.67 bits per heavy atom. The Labute approximate surface area is 155 Å². The molecule has 8 nitrogen and oxygen atoms in total. The molecule has 1 N–H and O–H groups in total. The fraction of sp³-hybridized carbons (Fsp3) is 0.211. The number of rotatable bonds is 5. The fourth-order valence-corrected chi connectivity index (χ4v) is 2.57. The molecule has 0 bridgehead atoms. The fourth-order valence-electron chi connectivity index (χ4n) is 2.57. The van der Waals surface area contributed by atoms with Gasteiger partial charge in [-0.05, 0) is 43.3 Å². The standard InChI is InChI=1S/C19H17N3O5/c1-11(19(23)21-14-5-8-16-17(9-14)25-10-24-16)26-15-6-3-13(4-7-15)18-20-12(2)27-22-18/h3-9,11H,10H2,1-2H3,(H,21,23)/t11-/m1/s1. The molecule has 2 aromatic carbocycles. The molecular formula is C19H17N3O5. The molecule has 0 saturated heterocycles. The zero-order valence-corrected chi connectivity index (χ0v) is 14.8. The molecule has 1 aliphatic rings. The van der Waals surface area contributed by atoms with Crippen LogP contribution in [0.4, 0.5) is 5.69 Å². The minimum absolute atomic E-state index is 0.186. The summed E-state index contributed by atoms with van der Waals surface area (Å²) in [7, 11) is 0. The molecule has 0 unspecified atom stereocenters. The third-order valence-electron chi connectivity index (χ3n) is 3.96. The molecule has 4 rings (SSSR count). The van der Waals surface area contributed by atoms with Gasteiger partial charge in [-0.3, -0.25) is 4.79 Å². The van der Waals surface area contributed by atoms with Crippen LogP contribution in [0.1, 0.15) is 12.8 Å². The van der Waals surface area contributed by atoms with Gasteiger partial charge < -0.3 is 24.1 Å².